The minimum absolute atomic E-state index is 0.00586. The molecule has 1 aliphatic heterocycles. The van der Waals surface area contributed by atoms with E-state index in [2.05, 4.69) is 20.1 Å². The average molecular weight is 471 g/mol. The summed E-state index contributed by atoms with van der Waals surface area (Å²) in [6.07, 6.45) is 3.20. The first-order valence-corrected chi connectivity index (χ1v) is 10.5. The molecule has 3 aromatic heterocycles. The summed E-state index contributed by atoms with van der Waals surface area (Å²) >= 11 is 0. The van der Waals surface area contributed by atoms with E-state index in [0.717, 1.165) is 17.7 Å². The number of hydrogen-bond acceptors (Lipinski definition) is 7. The molecule has 1 fully saturated rings. The van der Waals surface area contributed by atoms with Gasteiger partial charge < -0.3 is 9.64 Å². The minimum Gasteiger partial charge on any atom is -0.370 e. The van der Waals surface area contributed by atoms with Crippen LogP contribution in [-0.4, -0.2) is 49.0 Å². The number of halogens is 3. The molecule has 9 nitrogen and oxygen atoms in total. The van der Waals surface area contributed by atoms with Crippen molar-refractivity contribution in [3.05, 3.63) is 63.7 Å². The second-order valence-corrected chi connectivity index (χ2v) is 8.07. The summed E-state index contributed by atoms with van der Waals surface area (Å²) in [5.74, 6) is -3.91. The summed E-state index contributed by atoms with van der Waals surface area (Å²) in [6.45, 7) is 2.69. The van der Waals surface area contributed by atoms with Crippen molar-refractivity contribution in [1.29, 1.82) is 0 Å². The van der Waals surface area contributed by atoms with Crippen molar-refractivity contribution < 1.29 is 17.9 Å². The van der Waals surface area contributed by atoms with Gasteiger partial charge in [-0.2, -0.15) is 5.10 Å². The molecule has 0 spiro atoms. The van der Waals surface area contributed by atoms with Gasteiger partial charge in [0.25, 0.3) is 5.56 Å². The number of hydrogen-bond donors (Lipinski definition) is 0. The molecule has 0 N–H and O–H groups in total. The molecule has 0 bridgehead atoms. The van der Waals surface area contributed by atoms with Crippen LogP contribution in [0.15, 0.2) is 29.3 Å². The maximum Gasteiger partial charge on any atom is 0.279 e. The fourth-order valence-electron chi connectivity index (χ4n) is 3.92. The van der Waals surface area contributed by atoms with Crippen LogP contribution in [0.4, 0.5) is 19.1 Å². The Morgan fingerprint density at radius 3 is 2.59 bits per heavy atom. The van der Waals surface area contributed by atoms with Crippen molar-refractivity contribution in [2.24, 2.45) is 14.1 Å². The second kappa shape index (κ2) is 8.20. The summed E-state index contributed by atoms with van der Waals surface area (Å²) in [5, 5.41) is 4.17. The van der Waals surface area contributed by atoms with Gasteiger partial charge in [-0.3, -0.25) is 14.0 Å². The zero-order chi connectivity index (χ0) is 24.1. The number of aryl methyl sites for hydroxylation is 2. The number of benzene rings is 1. The number of nitrogens with zero attached hydrogens (tertiary/aromatic N) is 7. The number of fused-ring (bicyclic) bond motifs is 1. The van der Waals surface area contributed by atoms with Gasteiger partial charge in [0.1, 0.15) is 23.1 Å². The third-order valence-corrected chi connectivity index (χ3v) is 5.87. The lowest BCUT2D eigenvalue weighted by molar-refractivity contribution is 0.0392. The molecule has 4 aromatic rings. The summed E-state index contributed by atoms with van der Waals surface area (Å²) < 4.78 is 51.3. The molecule has 0 unspecified atom stereocenters. The fraction of sp³-hybridized carbons (Fsp3) is 0.318. The summed E-state index contributed by atoms with van der Waals surface area (Å²) in [4.78, 5) is 28.1. The number of anilines is 1. The lowest BCUT2D eigenvalue weighted by Crippen LogP contribution is -2.39. The molecule has 0 amide bonds. The molecule has 176 valence electrons. The van der Waals surface area contributed by atoms with E-state index in [1.807, 2.05) is 6.20 Å². The highest BCUT2D eigenvalue weighted by Gasteiger charge is 2.28. The molecule has 0 saturated carbocycles. The molecule has 1 aromatic carbocycles. The maximum atomic E-state index is 14.8. The Labute approximate surface area is 191 Å². The molecule has 0 aliphatic carbocycles. The van der Waals surface area contributed by atoms with Crippen molar-refractivity contribution in [2.75, 3.05) is 24.6 Å². The van der Waals surface area contributed by atoms with Gasteiger partial charge in [-0.15, -0.1) is 0 Å². The van der Waals surface area contributed by atoms with E-state index < -0.39 is 23.0 Å². The second-order valence-electron chi connectivity index (χ2n) is 8.07. The largest absolute Gasteiger partial charge is 0.370 e. The van der Waals surface area contributed by atoms with Gasteiger partial charge in [-0.05, 0) is 19.1 Å². The Balaban J connectivity index is 1.69. The van der Waals surface area contributed by atoms with E-state index in [-0.39, 0.29) is 34.3 Å². The summed E-state index contributed by atoms with van der Waals surface area (Å²) in [6, 6.07) is 1.88. The first-order valence-electron chi connectivity index (χ1n) is 10.5. The molecule has 5 rings (SSSR count). The third kappa shape index (κ3) is 3.59. The van der Waals surface area contributed by atoms with Crippen molar-refractivity contribution in [1.82, 2.24) is 29.3 Å². The van der Waals surface area contributed by atoms with Gasteiger partial charge >= 0.3 is 0 Å². The Morgan fingerprint density at radius 2 is 1.85 bits per heavy atom. The van der Waals surface area contributed by atoms with E-state index in [1.54, 1.807) is 29.7 Å². The van der Waals surface area contributed by atoms with Crippen LogP contribution in [0, 0.1) is 24.4 Å². The molecular formula is C22H20F3N7O2. The minimum atomic E-state index is -1.63. The standard InChI is InChI=1S/C22H20F3N7O2/c1-11-27-19-18(13-4-5-14(23)17(25)16(13)24)28-22(29-20(19)21(33)31(11)3)32-6-7-34-15(10-32)12-8-26-30(2)9-12/h4-5,8-9,15H,6-7,10H2,1-3H3/t15-/m1/s1. The van der Waals surface area contributed by atoms with Crippen LogP contribution in [0.25, 0.3) is 22.3 Å². The smallest absolute Gasteiger partial charge is 0.279 e. The molecule has 12 heteroatoms. The van der Waals surface area contributed by atoms with E-state index in [4.69, 9.17) is 4.74 Å². The van der Waals surface area contributed by atoms with Crippen LogP contribution in [0.3, 0.4) is 0 Å². The van der Waals surface area contributed by atoms with Crippen LogP contribution in [0.2, 0.25) is 0 Å². The first-order chi connectivity index (χ1) is 16.2. The maximum absolute atomic E-state index is 14.8. The van der Waals surface area contributed by atoms with E-state index in [1.165, 1.54) is 11.6 Å². The monoisotopic (exact) mass is 471 g/mol. The Morgan fingerprint density at radius 1 is 1.06 bits per heavy atom. The lowest BCUT2D eigenvalue weighted by Gasteiger charge is -2.32. The van der Waals surface area contributed by atoms with E-state index >= 15 is 0 Å². The first kappa shape index (κ1) is 22.0. The highest BCUT2D eigenvalue weighted by Crippen LogP contribution is 2.31. The van der Waals surface area contributed by atoms with Crippen LogP contribution in [0.5, 0.6) is 0 Å². The molecule has 0 radical (unpaired) electrons. The van der Waals surface area contributed by atoms with E-state index in [9.17, 15) is 18.0 Å². The van der Waals surface area contributed by atoms with Gasteiger partial charge in [0, 0.05) is 38.0 Å². The number of morpholine rings is 1. The highest BCUT2D eigenvalue weighted by molar-refractivity contribution is 5.89. The lowest BCUT2D eigenvalue weighted by atomic mass is 10.1. The van der Waals surface area contributed by atoms with Crippen molar-refractivity contribution in [3.8, 4) is 11.3 Å². The zero-order valence-electron chi connectivity index (χ0n) is 18.6. The average Bonchev–Trinajstić information content (AvgIpc) is 3.27. The predicted octanol–water partition coefficient (Wildman–Crippen LogP) is 2.43. The topological polar surface area (TPSA) is 91.0 Å². The van der Waals surface area contributed by atoms with Gasteiger partial charge in [-0.1, -0.05) is 0 Å². The molecule has 4 heterocycles. The predicted molar refractivity (Wildman–Crippen MR) is 117 cm³/mol. The van der Waals surface area contributed by atoms with Crippen LogP contribution in [-0.2, 0) is 18.8 Å². The summed E-state index contributed by atoms with van der Waals surface area (Å²) in [7, 11) is 3.33. The number of aromatic nitrogens is 6. The number of rotatable bonds is 3. The van der Waals surface area contributed by atoms with Gasteiger partial charge in [-0.25, -0.2) is 28.1 Å². The van der Waals surface area contributed by atoms with Crippen molar-refractivity contribution in [2.45, 2.75) is 13.0 Å². The quantitative estimate of drug-likeness (QED) is 0.424. The molecule has 34 heavy (non-hydrogen) atoms. The SMILES string of the molecule is Cc1nc2c(-c3ccc(F)c(F)c3F)nc(N3CCO[C@@H](c4cnn(C)c4)C3)nc2c(=O)n1C. The van der Waals surface area contributed by atoms with Crippen molar-refractivity contribution in [3.63, 3.8) is 0 Å². The van der Waals surface area contributed by atoms with Crippen LogP contribution < -0.4 is 10.5 Å². The van der Waals surface area contributed by atoms with Gasteiger partial charge in [0.2, 0.25) is 5.95 Å². The highest BCUT2D eigenvalue weighted by atomic mass is 19.2. The molecule has 1 saturated heterocycles. The Bertz CT molecular complexity index is 1480. The number of ether oxygens (including phenoxy) is 1. The van der Waals surface area contributed by atoms with Gasteiger partial charge in [0.15, 0.2) is 23.0 Å². The summed E-state index contributed by atoms with van der Waals surface area (Å²) in [5.41, 5.74) is -0.0695. The zero-order valence-corrected chi connectivity index (χ0v) is 18.6. The van der Waals surface area contributed by atoms with Gasteiger partial charge in [0.05, 0.1) is 19.3 Å². The van der Waals surface area contributed by atoms with E-state index in [0.29, 0.717) is 25.5 Å². The molecule has 1 atom stereocenters. The molecular weight excluding hydrogens is 451 g/mol. The van der Waals surface area contributed by atoms with Crippen LogP contribution >= 0.6 is 0 Å². The van der Waals surface area contributed by atoms with Crippen molar-refractivity contribution >= 4 is 17.0 Å². The van der Waals surface area contributed by atoms with Crippen LogP contribution in [0.1, 0.15) is 17.5 Å². The third-order valence-electron chi connectivity index (χ3n) is 5.87. The Kier molecular flexibility index (Phi) is 5.31. The normalized spacial score (nSPS) is 16.4. The molecule has 1 aliphatic rings. The fourth-order valence-corrected chi connectivity index (χ4v) is 3.92. The Hall–Kier alpha value is -3.80.